The summed E-state index contributed by atoms with van der Waals surface area (Å²) >= 11 is 3.12. The summed E-state index contributed by atoms with van der Waals surface area (Å²) in [6.45, 7) is 3.29. The van der Waals surface area contributed by atoms with Crippen LogP contribution >= 0.6 is 22.7 Å². The van der Waals surface area contributed by atoms with Crippen molar-refractivity contribution in [1.82, 2.24) is 9.97 Å². The molecule has 1 aromatic carbocycles. The van der Waals surface area contributed by atoms with E-state index in [0.717, 1.165) is 45.5 Å². The van der Waals surface area contributed by atoms with Gasteiger partial charge >= 0.3 is 0 Å². The van der Waals surface area contributed by atoms with Gasteiger partial charge in [-0.1, -0.05) is 23.5 Å². The van der Waals surface area contributed by atoms with Crippen molar-refractivity contribution in [3.8, 4) is 0 Å². The molecule has 4 rings (SSSR count). The molecule has 1 atom stereocenters. The Morgan fingerprint density at radius 2 is 2.24 bits per heavy atom. The normalized spacial score (nSPS) is 17.2. The Hall–Kier alpha value is -1.83. The van der Waals surface area contributed by atoms with Gasteiger partial charge < -0.3 is 4.74 Å². The van der Waals surface area contributed by atoms with Crippen LogP contribution in [0.3, 0.4) is 0 Å². The number of hydrogen-bond donors (Lipinski definition) is 0. The molecule has 1 fully saturated rings. The average molecular weight is 374 g/mol. The number of ether oxygens (including phenoxy) is 1. The number of carbonyl (C=O) groups is 1. The maximum atomic E-state index is 13.0. The third-order valence-corrected chi connectivity index (χ3v) is 6.11. The maximum Gasteiger partial charge on any atom is 0.234 e. The molecule has 1 amide bonds. The number of rotatable bonds is 5. The fourth-order valence-electron chi connectivity index (χ4n) is 2.99. The van der Waals surface area contributed by atoms with Crippen molar-refractivity contribution in [2.24, 2.45) is 0 Å². The Bertz CT molecular complexity index is 850. The number of thiazole rings is 2. The SMILES string of the molecule is Cc1nc(CC(=O)N(C[C@H]2CCCO2)c2nc3ccccc3s2)cs1. The topological polar surface area (TPSA) is 55.3 Å². The fourth-order valence-corrected chi connectivity index (χ4v) is 4.60. The zero-order valence-electron chi connectivity index (χ0n) is 14.0. The van der Waals surface area contributed by atoms with Gasteiger partial charge in [0.2, 0.25) is 5.91 Å². The first kappa shape index (κ1) is 16.6. The molecule has 0 unspecified atom stereocenters. The number of fused-ring (bicyclic) bond motifs is 1. The highest BCUT2D eigenvalue weighted by molar-refractivity contribution is 7.22. The van der Waals surface area contributed by atoms with Gasteiger partial charge in [0.25, 0.3) is 0 Å². The minimum atomic E-state index is 0.0276. The molecular weight excluding hydrogens is 354 g/mol. The number of para-hydroxylation sites is 1. The zero-order chi connectivity index (χ0) is 17.2. The molecule has 7 heteroatoms. The third-order valence-electron chi connectivity index (χ3n) is 4.22. The molecule has 0 N–H and O–H groups in total. The van der Waals surface area contributed by atoms with Crippen LogP contribution in [0.2, 0.25) is 0 Å². The molecular formula is C18H19N3O2S2. The summed E-state index contributed by atoms with van der Waals surface area (Å²) in [5, 5.41) is 3.68. The number of aryl methyl sites for hydroxylation is 1. The molecule has 0 radical (unpaired) electrons. The van der Waals surface area contributed by atoms with E-state index in [0.29, 0.717) is 13.0 Å². The fraction of sp³-hybridized carbons (Fsp3) is 0.389. The Morgan fingerprint density at radius 1 is 1.36 bits per heavy atom. The largest absolute Gasteiger partial charge is 0.376 e. The lowest BCUT2D eigenvalue weighted by molar-refractivity contribution is -0.118. The van der Waals surface area contributed by atoms with Crippen molar-refractivity contribution >= 4 is 43.9 Å². The summed E-state index contributed by atoms with van der Waals surface area (Å²) in [7, 11) is 0. The summed E-state index contributed by atoms with van der Waals surface area (Å²) in [4.78, 5) is 23.9. The summed E-state index contributed by atoms with van der Waals surface area (Å²) < 4.78 is 6.84. The molecule has 25 heavy (non-hydrogen) atoms. The van der Waals surface area contributed by atoms with Gasteiger partial charge in [-0.05, 0) is 31.9 Å². The van der Waals surface area contributed by atoms with Gasteiger partial charge in [0.15, 0.2) is 5.13 Å². The van der Waals surface area contributed by atoms with Crippen molar-refractivity contribution in [1.29, 1.82) is 0 Å². The Labute approximate surface area is 154 Å². The number of carbonyl (C=O) groups excluding carboxylic acids is 1. The molecule has 2 aromatic heterocycles. The van der Waals surface area contributed by atoms with Crippen molar-refractivity contribution in [3.63, 3.8) is 0 Å². The molecule has 3 heterocycles. The van der Waals surface area contributed by atoms with E-state index in [1.807, 2.05) is 36.6 Å². The predicted octanol–water partition coefficient (Wildman–Crippen LogP) is 3.82. The molecule has 0 saturated carbocycles. The molecule has 0 bridgehead atoms. The molecule has 0 aliphatic carbocycles. The summed E-state index contributed by atoms with van der Waals surface area (Å²) in [5.41, 5.74) is 1.75. The maximum absolute atomic E-state index is 13.0. The van der Waals surface area contributed by atoms with Gasteiger partial charge in [0.1, 0.15) is 0 Å². The van der Waals surface area contributed by atoms with Crippen LogP contribution in [-0.2, 0) is 16.0 Å². The quantitative estimate of drug-likeness (QED) is 0.682. The van der Waals surface area contributed by atoms with E-state index in [1.165, 1.54) is 0 Å². The molecule has 1 saturated heterocycles. The van der Waals surface area contributed by atoms with E-state index in [4.69, 9.17) is 4.74 Å². The van der Waals surface area contributed by atoms with Crippen LogP contribution in [0.1, 0.15) is 23.5 Å². The van der Waals surface area contributed by atoms with Crippen molar-refractivity contribution in [2.45, 2.75) is 32.3 Å². The Balaban J connectivity index is 1.61. The van der Waals surface area contributed by atoms with E-state index in [-0.39, 0.29) is 12.0 Å². The van der Waals surface area contributed by atoms with Gasteiger partial charge in [-0.25, -0.2) is 9.97 Å². The molecule has 130 valence electrons. The van der Waals surface area contributed by atoms with Crippen LogP contribution in [0.5, 0.6) is 0 Å². The molecule has 1 aliphatic rings. The van der Waals surface area contributed by atoms with E-state index < -0.39 is 0 Å². The van der Waals surface area contributed by atoms with Gasteiger partial charge in [-0.2, -0.15) is 0 Å². The van der Waals surface area contributed by atoms with Crippen LogP contribution in [-0.4, -0.2) is 35.1 Å². The first-order chi connectivity index (χ1) is 12.2. The number of nitrogens with zero attached hydrogens (tertiary/aromatic N) is 3. The molecule has 5 nitrogen and oxygen atoms in total. The first-order valence-electron chi connectivity index (χ1n) is 8.37. The zero-order valence-corrected chi connectivity index (χ0v) is 15.6. The van der Waals surface area contributed by atoms with Crippen LogP contribution in [0.25, 0.3) is 10.2 Å². The highest BCUT2D eigenvalue weighted by Crippen LogP contribution is 2.30. The minimum Gasteiger partial charge on any atom is -0.376 e. The lowest BCUT2D eigenvalue weighted by Crippen LogP contribution is -2.38. The average Bonchev–Trinajstić information content (AvgIpc) is 3.32. The van der Waals surface area contributed by atoms with Crippen LogP contribution in [0.15, 0.2) is 29.6 Å². The summed E-state index contributed by atoms with van der Waals surface area (Å²) in [6.07, 6.45) is 2.43. The van der Waals surface area contributed by atoms with Crippen LogP contribution in [0.4, 0.5) is 5.13 Å². The van der Waals surface area contributed by atoms with E-state index >= 15 is 0 Å². The molecule has 0 spiro atoms. The highest BCUT2D eigenvalue weighted by atomic mass is 32.1. The second-order valence-corrected chi connectivity index (χ2v) is 8.21. The number of amides is 1. The van der Waals surface area contributed by atoms with Gasteiger partial charge in [-0.15, -0.1) is 11.3 Å². The van der Waals surface area contributed by atoms with Crippen molar-refractivity contribution in [2.75, 3.05) is 18.1 Å². The van der Waals surface area contributed by atoms with Gasteiger partial charge in [-0.3, -0.25) is 9.69 Å². The Morgan fingerprint density at radius 3 is 2.96 bits per heavy atom. The van der Waals surface area contributed by atoms with Gasteiger partial charge in [0.05, 0.1) is 40.0 Å². The van der Waals surface area contributed by atoms with Crippen LogP contribution in [0, 0.1) is 6.92 Å². The highest BCUT2D eigenvalue weighted by Gasteiger charge is 2.26. The van der Waals surface area contributed by atoms with Crippen molar-refractivity contribution in [3.05, 3.63) is 40.3 Å². The van der Waals surface area contributed by atoms with Crippen molar-refractivity contribution < 1.29 is 9.53 Å². The van der Waals surface area contributed by atoms with E-state index in [2.05, 4.69) is 9.97 Å². The second kappa shape index (κ2) is 7.19. The predicted molar refractivity (Wildman–Crippen MR) is 102 cm³/mol. The number of benzene rings is 1. The lowest BCUT2D eigenvalue weighted by Gasteiger charge is -2.22. The smallest absolute Gasteiger partial charge is 0.234 e. The third kappa shape index (κ3) is 3.73. The summed E-state index contributed by atoms with van der Waals surface area (Å²) in [5.74, 6) is 0.0276. The Kier molecular flexibility index (Phi) is 4.78. The molecule has 1 aliphatic heterocycles. The van der Waals surface area contributed by atoms with E-state index in [9.17, 15) is 4.79 Å². The van der Waals surface area contributed by atoms with Gasteiger partial charge in [0, 0.05) is 12.0 Å². The number of hydrogen-bond acceptors (Lipinski definition) is 6. The second-order valence-electron chi connectivity index (χ2n) is 6.14. The minimum absolute atomic E-state index is 0.0276. The standard InChI is InChI=1S/C18H19N3O2S2/c1-12-19-13(11-24-12)9-17(22)21(10-14-5-4-8-23-14)18-20-15-6-2-3-7-16(15)25-18/h2-3,6-7,11,14H,4-5,8-10H2,1H3/t14-/m1/s1. The van der Waals surface area contributed by atoms with Crippen LogP contribution < -0.4 is 4.90 Å². The van der Waals surface area contributed by atoms with E-state index in [1.54, 1.807) is 27.6 Å². The number of anilines is 1. The first-order valence-corrected chi connectivity index (χ1v) is 10.1. The lowest BCUT2D eigenvalue weighted by atomic mass is 10.2. The monoisotopic (exact) mass is 373 g/mol. The summed E-state index contributed by atoms with van der Waals surface area (Å²) in [6, 6.07) is 7.98. The number of aromatic nitrogens is 2. The molecule has 3 aromatic rings.